The van der Waals surface area contributed by atoms with E-state index in [0.717, 1.165) is 22.9 Å². The van der Waals surface area contributed by atoms with E-state index in [0.29, 0.717) is 18.8 Å². The van der Waals surface area contributed by atoms with Crippen LogP contribution in [0.15, 0.2) is 28.7 Å². The van der Waals surface area contributed by atoms with Gasteiger partial charge in [0, 0.05) is 22.9 Å². The molecular formula is C13H17BrClNO2S. The van der Waals surface area contributed by atoms with Crippen LogP contribution in [0.4, 0.5) is 0 Å². The molecule has 19 heavy (non-hydrogen) atoms. The van der Waals surface area contributed by atoms with Crippen LogP contribution < -0.4 is 0 Å². The number of alkyl halides is 1. The van der Waals surface area contributed by atoms with Gasteiger partial charge in [-0.2, -0.15) is 4.31 Å². The zero-order chi connectivity index (χ0) is 13.9. The SMILES string of the molecule is O=S(=O)(CCCCl)N1CCCC1c1cccc(Br)c1. The van der Waals surface area contributed by atoms with Gasteiger partial charge in [-0.1, -0.05) is 28.1 Å². The monoisotopic (exact) mass is 365 g/mol. The van der Waals surface area contributed by atoms with E-state index in [2.05, 4.69) is 15.9 Å². The lowest BCUT2D eigenvalue weighted by Crippen LogP contribution is -2.32. The minimum atomic E-state index is -3.20. The second-order valence-electron chi connectivity index (χ2n) is 4.68. The summed E-state index contributed by atoms with van der Waals surface area (Å²) in [6.45, 7) is 0.613. The molecule has 0 aliphatic carbocycles. The maximum atomic E-state index is 12.3. The number of benzene rings is 1. The van der Waals surface area contributed by atoms with Gasteiger partial charge < -0.3 is 0 Å². The van der Waals surface area contributed by atoms with Crippen molar-refractivity contribution in [1.82, 2.24) is 4.31 Å². The third-order valence-corrected chi connectivity index (χ3v) is 6.05. The third kappa shape index (κ3) is 3.72. The van der Waals surface area contributed by atoms with Gasteiger partial charge in [-0.25, -0.2) is 8.42 Å². The van der Waals surface area contributed by atoms with E-state index in [1.54, 1.807) is 4.31 Å². The number of rotatable bonds is 5. The molecular weight excluding hydrogens is 350 g/mol. The predicted molar refractivity (Wildman–Crippen MR) is 81.9 cm³/mol. The van der Waals surface area contributed by atoms with Crippen molar-refractivity contribution in [2.45, 2.75) is 25.3 Å². The molecule has 0 amide bonds. The summed E-state index contributed by atoms with van der Waals surface area (Å²) in [6.07, 6.45) is 2.30. The van der Waals surface area contributed by atoms with Crippen LogP contribution in [0, 0.1) is 0 Å². The summed E-state index contributed by atoms with van der Waals surface area (Å²) in [6, 6.07) is 7.86. The van der Waals surface area contributed by atoms with E-state index < -0.39 is 10.0 Å². The molecule has 0 N–H and O–H groups in total. The Bertz CT molecular complexity index is 535. The third-order valence-electron chi connectivity index (χ3n) is 3.33. The molecule has 1 fully saturated rings. The Hall–Kier alpha value is -0.100. The fourth-order valence-electron chi connectivity index (χ4n) is 2.47. The van der Waals surface area contributed by atoms with Crippen molar-refractivity contribution in [3.63, 3.8) is 0 Å². The molecule has 1 aromatic carbocycles. The van der Waals surface area contributed by atoms with E-state index in [1.165, 1.54) is 0 Å². The molecule has 0 radical (unpaired) electrons. The van der Waals surface area contributed by atoms with Gasteiger partial charge in [-0.15, -0.1) is 11.6 Å². The first-order valence-electron chi connectivity index (χ1n) is 6.35. The molecule has 6 heteroatoms. The lowest BCUT2D eigenvalue weighted by molar-refractivity contribution is 0.396. The van der Waals surface area contributed by atoms with Crippen LogP contribution >= 0.6 is 27.5 Å². The fraction of sp³-hybridized carbons (Fsp3) is 0.538. The lowest BCUT2D eigenvalue weighted by atomic mass is 10.1. The Labute approximate surface area is 128 Å². The average molecular weight is 367 g/mol. The molecule has 106 valence electrons. The molecule has 3 nitrogen and oxygen atoms in total. The quantitative estimate of drug-likeness (QED) is 0.747. The van der Waals surface area contributed by atoms with E-state index in [-0.39, 0.29) is 11.8 Å². The summed E-state index contributed by atoms with van der Waals surface area (Å²) in [5.41, 5.74) is 1.06. The second kappa shape index (κ2) is 6.57. The van der Waals surface area contributed by atoms with Crippen LogP contribution in [0.3, 0.4) is 0 Å². The van der Waals surface area contributed by atoms with Gasteiger partial charge in [-0.3, -0.25) is 0 Å². The summed E-state index contributed by atoms with van der Waals surface area (Å²) in [5.74, 6) is 0.523. The van der Waals surface area contributed by atoms with Gasteiger partial charge in [0.05, 0.1) is 5.75 Å². The largest absolute Gasteiger partial charge is 0.214 e. The number of nitrogens with zero attached hydrogens (tertiary/aromatic N) is 1. The molecule has 0 saturated carbocycles. The van der Waals surface area contributed by atoms with Crippen molar-refractivity contribution >= 4 is 37.6 Å². The van der Waals surface area contributed by atoms with E-state index in [1.807, 2.05) is 24.3 Å². The van der Waals surface area contributed by atoms with Gasteiger partial charge >= 0.3 is 0 Å². The molecule has 1 unspecified atom stereocenters. The summed E-state index contributed by atoms with van der Waals surface area (Å²) >= 11 is 9.04. The van der Waals surface area contributed by atoms with Crippen LogP contribution in [0.1, 0.15) is 30.9 Å². The Morgan fingerprint density at radius 1 is 1.42 bits per heavy atom. The molecule has 0 spiro atoms. The van der Waals surface area contributed by atoms with Gasteiger partial charge in [0.1, 0.15) is 0 Å². The highest BCUT2D eigenvalue weighted by molar-refractivity contribution is 9.10. The number of hydrogen-bond donors (Lipinski definition) is 0. The van der Waals surface area contributed by atoms with Crippen LogP contribution in [-0.2, 0) is 10.0 Å². The van der Waals surface area contributed by atoms with E-state index in [4.69, 9.17) is 11.6 Å². The lowest BCUT2D eigenvalue weighted by Gasteiger charge is -2.24. The summed E-state index contributed by atoms with van der Waals surface area (Å²) in [7, 11) is -3.20. The maximum Gasteiger partial charge on any atom is 0.214 e. The highest BCUT2D eigenvalue weighted by atomic mass is 79.9. The van der Waals surface area contributed by atoms with Crippen molar-refractivity contribution < 1.29 is 8.42 Å². The van der Waals surface area contributed by atoms with Gasteiger partial charge in [0.15, 0.2) is 0 Å². The van der Waals surface area contributed by atoms with E-state index >= 15 is 0 Å². The van der Waals surface area contributed by atoms with Crippen LogP contribution in [0.25, 0.3) is 0 Å². The Balaban J connectivity index is 2.22. The van der Waals surface area contributed by atoms with Crippen molar-refractivity contribution in [2.75, 3.05) is 18.2 Å². The highest BCUT2D eigenvalue weighted by Crippen LogP contribution is 2.35. The molecule has 1 atom stereocenters. The zero-order valence-electron chi connectivity index (χ0n) is 10.6. The van der Waals surface area contributed by atoms with Crippen LogP contribution in [-0.4, -0.2) is 30.9 Å². The molecule has 1 heterocycles. The Morgan fingerprint density at radius 3 is 2.89 bits per heavy atom. The minimum Gasteiger partial charge on any atom is -0.212 e. The predicted octanol–water partition coefficient (Wildman–Crippen LogP) is 3.54. The highest BCUT2D eigenvalue weighted by Gasteiger charge is 2.34. The number of hydrogen-bond acceptors (Lipinski definition) is 2. The second-order valence-corrected chi connectivity index (χ2v) is 8.02. The van der Waals surface area contributed by atoms with Crippen LogP contribution in [0.2, 0.25) is 0 Å². The first-order valence-corrected chi connectivity index (χ1v) is 9.29. The summed E-state index contributed by atoms with van der Waals surface area (Å²) in [5, 5.41) is 0. The van der Waals surface area contributed by atoms with Crippen molar-refractivity contribution in [1.29, 1.82) is 0 Å². The normalized spacial score (nSPS) is 20.8. The summed E-state index contributed by atoms with van der Waals surface area (Å²) in [4.78, 5) is 0. The molecule has 2 rings (SSSR count). The van der Waals surface area contributed by atoms with Crippen molar-refractivity contribution in [2.24, 2.45) is 0 Å². The first-order chi connectivity index (χ1) is 9.04. The Kier molecular flexibility index (Phi) is 5.29. The fourth-order valence-corrected chi connectivity index (χ4v) is 4.95. The minimum absolute atomic E-state index is 0.0298. The van der Waals surface area contributed by atoms with Gasteiger partial charge in [0.25, 0.3) is 0 Å². The molecule has 0 bridgehead atoms. The molecule has 1 saturated heterocycles. The van der Waals surface area contributed by atoms with Crippen LogP contribution in [0.5, 0.6) is 0 Å². The van der Waals surface area contributed by atoms with Gasteiger partial charge in [0.2, 0.25) is 10.0 Å². The average Bonchev–Trinajstić information content (AvgIpc) is 2.86. The van der Waals surface area contributed by atoms with E-state index in [9.17, 15) is 8.42 Å². The number of halogens is 2. The zero-order valence-corrected chi connectivity index (χ0v) is 13.7. The first kappa shape index (κ1) is 15.3. The molecule has 1 aliphatic heterocycles. The standard InChI is InChI=1S/C13H17BrClNO2S/c14-12-5-1-4-11(10-12)13-6-2-8-16(13)19(17,18)9-3-7-15/h1,4-5,10,13H,2-3,6-9H2. The maximum absolute atomic E-state index is 12.3. The van der Waals surface area contributed by atoms with Crippen molar-refractivity contribution in [3.8, 4) is 0 Å². The molecule has 1 aromatic rings. The van der Waals surface area contributed by atoms with Crippen molar-refractivity contribution in [3.05, 3.63) is 34.3 Å². The summed E-state index contributed by atoms with van der Waals surface area (Å²) < 4.78 is 27.3. The molecule has 0 aromatic heterocycles. The number of sulfonamides is 1. The topological polar surface area (TPSA) is 37.4 Å². The smallest absolute Gasteiger partial charge is 0.212 e. The Morgan fingerprint density at radius 2 is 2.21 bits per heavy atom. The molecule has 1 aliphatic rings. The van der Waals surface area contributed by atoms with Gasteiger partial charge in [-0.05, 0) is 37.0 Å².